The molecular weight excluding hydrogens is 263 g/mol. The zero-order valence-electron chi connectivity index (χ0n) is 7.50. The minimum absolute atomic E-state index is 0.0799. The topological polar surface area (TPSA) is 45.8 Å². The minimum atomic E-state index is -0.485. The van der Waals surface area contributed by atoms with Crippen molar-refractivity contribution in [3.05, 3.63) is 51.2 Å². The molecule has 0 amide bonds. The molecule has 0 saturated carbocycles. The van der Waals surface area contributed by atoms with Gasteiger partial charge in [-0.2, -0.15) is 0 Å². The van der Waals surface area contributed by atoms with Crippen molar-refractivity contribution in [3.8, 4) is 11.3 Å². The smallest absolute Gasteiger partial charge is 0.274 e. The van der Waals surface area contributed by atoms with Crippen LogP contribution >= 0.6 is 15.9 Å². The van der Waals surface area contributed by atoms with Gasteiger partial charge < -0.3 is 4.98 Å². The molecule has 15 heavy (non-hydrogen) atoms. The fraction of sp³-hybridized carbons (Fsp3) is 0. The summed E-state index contributed by atoms with van der Waals surface area (Å²) >= 11 is 3.05. The van der Waals surface area contributed by atoms with Crippen molar-refractivity contribution < 1.29 is 4.39 Å². The van der Waals surface area contributed by atoms with E-state index in [-0.39, 0.29) is 11.3 Å². The normalized spacial score (nSPS) is 10.3. The SMILES string of the molecule is O=c1[nH]ccnc1-c1cccc(Br)c1F. The maximum atomic E-state index is 13.6. The molecule has 0 aliphatic heterocycles. The monoisotopic (exact) mass is 268 g/mol. The highest BCUT2D eigenvalue weighted by Gasteiger charge is 2.11. The van der Waals surface area contributed by atoms with Crippen molar-refractivity contribution >= 4 is 15.9 Å². The van der Waals surface area contributed by atoms with E-state index in [1.807, 2.05) is 0 Å². The van der Waals surface area contributed by atoms with Gasteiger partial charge in [-0.1, -0.05) is 6.07 Å². The highest BCUT2D eigenvalue weighted by molar-refractivity contribution is 9.10. The summed E-state index contributed by atoms with van der Waals surface area (Å²) < 4.78 is 13.9. The predicted octanol–water partition coefficient (Wildman–Crippen LogP) is 2.34. The summed E-state index contributed by atoms with van der Waals surface area (Å²) in [7, 11) is 0. The van der Waals surface area contributed by atoms with Crippen molar-refractivity contribution in [1.29, 1.82) is 0 Å². The lowest BCUT2D eigenvalue weighted by Gasteiger charge is -2.02. The lowest BCUT2D eigenvalue weighted by Crippen LogP contribution is -2.10. The second-order valence-electron chi connectivity index (χ2n) is 2.87. The van der Waals surface area contributed by atoms with Crippen LogP contribution in [0.15, 0.2) is 39.9 Å². The Bertz CT molecular complexity index is 553. The van der Waals surface area contributed by atoms with Crippen molar-refractivity contribution in [1.82, 2.24) is 9.97 Å². The van der Waals surface area contributed by atoms with Gasteiger partial charge in [-0.3, -0.25) is 4.79 Å². The maximum absolute atomic E-state index is 13.6. The molecule has 5 heteroatoms. The molecule has 0 bridgehead atoms. The van der Waals surface area contributed by atoms with Gasteiger partial charge in [0, 0.05) is 18.0 Å². The van der Waals surface area contributed by atoms with Gasteiger partial charge in [0.15, 0.2) is 0 Å². The Morgan fingerprint density at radius 3 is 2.93 bits per heavy atom. The molecular formula is C10H6BrFN2O. The van der Waals surface area contributed by atoms with Gasteiger partial charge in [-0.25, -0.2) is 9.37 Å². The molecule has 0 radical (unpaired) electrons. The molecule has 0 aliphatic carbocycles. The third-order valence-corrected chi connectivity index (χ3v) is 2.53. The molecule has 1 N–H and O–H groups in total. The first-order valence-corrected chi connectivity index (χ1v) is 4.97. The summed E-state index contributed by atoms with van der Waals surface area (Å²) in [6.45, 7) is 0. The van der Waals surface area contributed by atoms with E-state index >= 15 is 0 Å². The van der Waals surface area contributed by atoms with Crippen LogP contribution in [0, 0.1) is 5.82 Å². The molecule has 1 aromatic heterocycles. The Balaban J connectivity index is 2.70. The van der Waals surface area contributed by atoms with E-state index < -0.39 is 11.4 Å². The Morgan fingerprint density at radius 1 is 1.40 bits per heavy atom. The molecule has 0 fully saturated rings. The van der Waals surface area contributed by atoms with Crippen molar-refractivity contribution in [2.75, 3.05) is 0 Å². The summed E-state index contributed by atoms with van der Waals surface area (Å²) in [6, 6.07) is 4.73. The van der Waals surface area contributed by atoms with Gasteiger partial charge >= 0.3 is 0 Å². The number of benzene rings is 1. The van der Waals surface area contributed by atoms with Crippen LogP contribution < -0.4 is 5.56 Å². The van der Waals surface area contributed by atoms with Crippen LogP contribution in [-0.2, 0) is 0 Å². The zero-order valence-corrected chi connectivity index (χ0v) is 9.08. The van der Waals surface area contributed by atoms with Crippen LogP contribution in [-0.4, -0.2) is 9.97 Å². The average molecular weight is 269 g/mol. The Hall–Kier alpha value is -1.49. The summed E-state index contributed by atoms with van der Waals surface area (Å²) in [5.41, 5.74) is -0.142. The molecule has 1 aromatic carbocycles. The highest BCUT2D eigenvalue weighted by Crippen LogP contribution is 2.24. The Kier molecular flexibility index (Phi) is 2.64. The van der Waals surface area contributed by atoms with E-state index in [0.29, 0.717) is 4.47 Å². The number of rotatable bonds is 1. The summed E-state index contributed by atoms with van der Waals surface area (Å²) in [5.74, 6) is -0.485. The Morgan fingerprint density at radius 2 is 2.20 bits per heavy atom. The molecule has 0 aliphatic rings. The molecule has 0 saturated heterocycles. The van der Waals surface area contributed by atoms with Crippen LogP contribution in [0.4, 0.5) is 4.39 Å². The van der Waals surface area contributed by atoms with E-state index in [1.54, 1.807) is 12.1 Å². The second kappa shape index (κ2) is 3.94. The fourth-order valence-electron chi connectivity index (χ4n) is 1.23. The largest absolute Gasteiger partial charge is 0.326 e. The highest BCUT2D eigenvalue weighted by atomic mass is 79.9. The lowest BCUT2D eigenvalue weighted by atomic mass is 10.1. The first kappa shape index (κ1) is 10.0. The number of halogens is 2. The fourth-order valence-corrected chi connectivity index (χ4v) is 1.60. The average Bonchev–Trinajstić information content (AvgIpc) is 2.23. The van der Waals surface area contributed by atoms with Crippen LogP contribution in [0.2, 0.25) is 0 Å². The van der Waals surface area contributed by atoms with Crippen LogP contribution in [0.5, 0.6) is 0 Å². The minimum Gasteiger partial charge on any atom is -0.326 e. The zero-order chi connectivity index (χ0) is 10.8. The van der Waals surface area contributed by atoms with Crippen LogP contribution in [0.1, 0.15) is 0 Å². The van der Waals surface area contributed by atoms with Gasteiger partial charge in [0.25, 0.3) is 5.56 Å². The molecule has 0 unspecified atom stereocenters. The van der Waals surface area contributed by atoms with Gasteiger partial charge in [0.2, 0.25) is 0 Å². The maximum Gasteiger partial charge on any atom is 0.274 e. The molecule has 3 nitrogen and oxygen atoms in total. The van der Waals surface area contributed by atoms with Gasteiger partial charge in [-0.05, 0) is 28.1 Å². The molecule has 2 rings (SSSR count). The standard InChI is InChI=1S/C10H6BrFN2O/c11-7-3-1-2-6(8(7)12)9-10(15)14-5-4-13-9/h1-5H,(H,14,15). The van der Waals surface area contributed by atoms with Gasteiger partial charge in [-0.15, -0.1) is 0 Å². The van der Waals surface area contributed by atoms with Gasteiger partial charge in [0.1, 0.15) is 11.5 Å². The number of aromatic nitrogens is 2. The van der Waals surface area contributed by atoms with Crippen molar-refractivity contribution in [2.24, 2.45) is 0 Å². The third kappa shape index (κ3) is 1.83. The van der Waals surface area contributed by atoms with E-state index in [1.165, 1.54) is 18.5 Å². The number of hydrogen-bond donors (Lipinski definition) is 1. The van der Waals surface area contributed by atoms with Crippen LogP contribution in [0.3, 0.4) is 0 Å². The molecule has 2 aromatic rings. The number of aromatic amines is 1. The molecule has 76 valence electrons. The second-order valence-corrected chi connectivity index (χ2v) is 3.72. The van der Waals surface area contributed by atoms with E-state index in [2.05, 4.69) is 25.9 Å². The number of nitrogens with zero attached hydrogens (tertiary/aromatic N) is 1. The summed E-state index contributed by atoms with van der Waals surface area (Å²) in [6.07, 6.45) is 2.82. The van der Waals surface area contributed by atoms with E-state index in [9.17, 15) is 9.18 Å². The van der Waals surface area contributed by atoms with E-state index in [4.69, 9.17) is 0 Å². The van der Waals surface area contributed by atoms with E-state index in [0.717, 1.165) is 0 Å². The van der Waals surface area contributed by atoms with Gasteiger partial charge in [0.05, 0.1) is 4.47 Å². The first-order valence-electron chi connectivity index (χ1n) is 4.18. The quantitative estimate of drug-likeness (QED) is 0.863. The molecule has 1 heterocycles. The summed E-state index contributed by atoms with van der Waals surface area (Å²) in [4.78, 5) is 17.7. The first-order chi connectivity index (χ1) is 7.20. The molecule has 0 spiro atoms. The number of H-pyrrole nitrogens is 1. The number of hydrogen-bond acceptors (Lipinski definition) is 2. The summed E-state index contributed by atoms with van der Waals surface area (Å²) in [5, 5.41) is 0. The predicted molar refractivity (Wildman–Crippen MR) is 58.0 cm³/mol. The third-order valence-electron chi connectivity index (χ3n) is 1.91. The van der Waals surface area contributed by atoms with Crippen molar-refractivity contribution in [3.63, 3.8) is 0 Å². The number of nitrogens with one attached hydrogen (secondary N) is 1. The molecule has 0 atom stereocenters. The van der Waals surface area contributed by atoms with Crippen molar-refractivity contribution in [2.45, 2.75) is 0 Å². The lowest BCUT2D eigenvalue weighted by molar-refractivity contribution is 0.624. The van der Waals surface area contributed by atoms with Crippen LogP contribution in [0.25, 0.3) is 11.3 Å². The Labute approximate surface area is 93.1 Å².